The quantitative estimate of drug-likeness (QED) is 0.397. The number of carbonyl (C=O) groups is 1. The van der Waals surface area contributed by atoms with Crippen molar-refractivity contribution in [1.82, 2.24) is 9.97 Å². The smallest absolute Gasteiger partial charge is 0.263 e. The van der Waals surface area contributed by atoms with E-state index in [-0.39, 0.29) is 15.9 Å². The highest BCUT2D eigenvalue weighted by molar-refractivity contribution is 7.93. The summed E-state index contributed by atoms with van der Waals surface area (Å²) in [6.07, 6.45) is 1.51. The van der Waals surface area contributed by atoms with Gasteiger partial charge in [0.25, 0.3) is 15.9 Å². The fraction of sp³-hybridized carbons (Fsp3) is 0.0500. The van der Waals surface area contributed by atoms with Crippen LogP contribution in [0.3, 0.4) is 0 Å². The van der Waals surface area contributed by atoms with Gasteiger partial charge in [0.1, 0.15) is 12.4 Å². The number of carbonyl (C=O) groups excluding carboxylic acids is 1. The predicted octanol–water partition coefficient (Wildman–Crippen LogP) is 4.23. The molecule has 0 fully saturated rings. The lowest BCUT2D eigenvalue weighted by molar-refractivity contribution is 0.102. The summed E-state index contributed by atoms with van der Waals surface area (Å²) in [5.74, 6) is 0.314. The predicted molar refractivity (Wildman–Crippen MR) is 120 cm³/mol. The van der Waals surface area contributed by atoms with Crippen molar-refractivity contribution in [2.45, 2.75) is 11.5 Å². The molecule has 0 atom stereocenters. The molecule has 0 aliphatic rings. The van der Waals surface area contributed by atoms with Gasteiger partial charge in [-0.1, -0.05) is 0 Å². The minimum atomic E-state index is -3.74. The number of aromatic nitrogens is 2. The summed E-state index contributed by atoms with van der Waals surface area (Å²) < 4.78 is 32.8. The van der Waals surface area contributed by atoms with Crippen LogP contribution in [0.5, 0.6) is 5.75 Å². The molecular weight excluding hydrogens is 456 g/mol. The van der Waals surface area contributed by atoms with Crippen LogP contribution in [-0.2, 0) is 16.6 Å². The number of sulfonamides is 1. The Labute approximate surface area is 186 Å². The third kappa shape index (κ3) is 5.45. The average Bonchev–Trinajstić information content (AvgIpc) is 3.47. The molecule has 0 aliphatic carbocycles. The standard InChI is InChI=1S/C20H16N4O4S3/c25-19(14-1-5-17(6-2-14)28-11-16-12-29-13-22-16)23-15-3-7-18(8-4-15)31(26,27)24-20-21-9-10-30-20/h1-10,12-13H,11H2,(H,21,24)(H,23,25). The molecule has 11 heteroatoms. The monoisotopic (exact) mass is 472 g/mol. The Morgan fingerprint density at radius 2 is 1.81 bits per heavy atom. The molecular formula is C20H16N4O4S3. The van der Waals surface area contributed by atoms with Crippen molar-refractivity contribution in [3.8, 4) is 5.75 Å². The average molecular weight is 473 g/mol. The lowest BCUT2D eigenvalue weighted by atomic mass is 10.2. The van der Waals surface area contributed by atoms with Crippen LogP contribution < -0.4 is 14.8 Å². The Morgan fingerprint density at radius 3 is 2.45 bits per heavy atom. The molecule has 2 aromatic heterocycles. The highest BCUT2D eigenvalue weighted by atomic mass is 32.2. The van der Waals surface area contributed by atoms with E-state index in [1.807, 2.05) is 5.38 Å². The Hall–Kier alpha value is -3.28. The third-order valence-corrected chi connectivity index (χ3v) is 6.87. The van der Waals surface area contributed by atoms with Crippen LogP contribution in [0.4, 0.5) is 10.8 Å². The largest absolute Gasteiger partial charge is 0.487 e. The van der Waals surface area contributed by atoms with Crippen LogP contribution in [0.1, 0.15) is 16.1 Å². The van der Waals surface area contributed by atoms with E-state index < -0.39 is 10.0 Å². The van der Waals surface area contributed by atoms with E-state index in [0.29, 0.717) is 23.6 Å². The van der Waals surface area contributed by atoms with Crippen LogP contribution in [-0.4, -0.2) is 24.3 Å². The van der Waals surface area contributed by atoms with Crippen LogP contribution in [0, 0.1) is 0 Å². The van der Waals surface area contributed by atoms with Gasteiger partial charge in [-0.3, -0.25) is 9.52 Å². The summed E-state index contributed by atoms with van der Waals surface area (Å²) in [7, 11) is -3.74. The van der Waals surface area contributed by atoms with Crippen molar-refractivity contribution < 1.29 is 17.9 Å². The second-order valence-electron chi connectivity index (χ2n) is 6.21. The number of anilines is 2. The molecule has 2 N–H and O–H groups in total. The van der Waals surface area contributed by atoms with Gasteiger partial charge in [-0.15, -0.1) is 22.7 Å². The zero-order valence-corrected chi connectivity index (χ0v) is 18.3. The van der Waals surface area contributed by atoms with Crippen molar-refractivity contribution >= 4 is 49.4 Å². The Kier molecular flexibility index (Phi) is 6.26. The summed E-state index contributed by atoms with van der Waals surface area (Å²) in [6, 6.07) is 12.6. The van der Waals surface area contributed by atoms with E-state index in [4.69, 9.17) is 4.74 Å². The number of hydrogen-bond acceptors (Lipinski definition) is 8. The maximum absolute atomic E-state index is 12.5. The molecule has 0 aliphatic heterocycles. The van der Waals surface area contributed by atoms with Crippen molar-refractivity contribution in [2.75, 3.05) is 10.0 Å². The number of nitrogens with one attached hydrogen (secondary N) is 2. The molecule has 158 valence electrons. The van der Waals surface area contributed by atoms with Crippen molar-refractivity contribution in [3.05, 3.63) is 82.3 Å². The molecule has 0 bridgehead atoms. The molecule has 2 heterocycles. The number of benzene rings is 2. The van der Waals surface area contributed by atoms with E-state index in [2.05, 4.69) is 20.0 Å². The maximum atomic E-state index is 12.5. The molecule has 4 aromatic rings. The number of rotatable bonds is 8. The van der Waals surface area contributed by atoms with Crippen LogP contribution >= 0.6 is 22.7 Å². The molecule has 31 heavy (non-hydrogen) atoms. The SMILES string of the molecule is O=C(Nc1ccc(S(=O)(=O)Nc2nccs2)cc1)c1ccc(OCc2cscn2)cc1. The zero-order chi connectivity index (χ0) is 21.7. The van der Waals surface area contributed by atoms with Crippen LogP contribution in [0.25, 0.3) is 0 Å². The molecule has 2 aromatic carbocycles. The second-order valence-corrected chi connectivity index (χ2v) is 9.51. The summed E-state index contributed by atoms with van der Waals surface area (Å²) in [4.78, 5) is 20.6. The van der Waals surface area contributed by atoms with Crippen molar-refractivity contribution in [3.63, 3.8) is 0 Å². The van der Waals surface area contributed by atoms with Gasteiger partial charge in [-0.25, -0.2) is 18.4 Å². The molecule has 0 saturated heterocycles. The van der Waals surface area contributed by atoms with Crippen LogP contribution in [0.2, 0.25) is 0 Å². The number of hydrogen-bond donors (Lipinski definition) is 2. The third-order valence-electron chi connectivity index (χ3n) is 4.06. The highest BCUT2D eigenvalue weighted by Crippen LogP contribution is 2.20. The molecule has 0 unspecified atom stereocenters. The first-order valence-electron chi connectivity index (χ1n) is 8.93. The van der Waals surface area contributed by atoms with E-state index in [9.17, 15) is 13.2 Å². The van der Waals surface area contributed by atoms with E-state index >= 15 is 0 Å². The maximum Gasteiger partial charge on any atom is 0.263 e. The number of thiazole rings is 2. The van der Waals surface area contributed by atoms with Gasteiger partial charge in [0, 0.05) is 28.2 Å². The zero-order valence-electron chi connectivity index (χ0n) is 15.9. The summed E-state index contributed by atoms with van der Waals surface area (Å²) in [5, 5.41) is 6.62. The lowest BCUT2D eigenvalue weighted by Crippen LogP contribution is -2.14. The molecule has 4 rings (SSSR count). The Bertz CT molecular complexity index is 1240. The molecule has 0 saturated carbocycles. The molecule has 0 radical (unpaired) electrons. The number of nitrogens with zero attached hydrogens (tertiary/aromatic N) is 2. The first-order valence-corrected chi connectivity index (χ1v) is 12.2. The van der Waals surface area contributed by atoms with Crippen molar-refractivity contribution in [1.29, 1.82) is 0 Å². The van der Waals surface area contributed by atoms with Gasteiger partial charge in [-0.2, -0.15) is 0 Å². The summed E-state index contributed by atoms with van der Waals surface area (Å²) in [6.45, 7) is 0.363. The highest BCUT2D eigenvalue weighted by Gasteiger charge is 2.15. The van der Waals surface area contributed by atoms with Gasteiger partial charge in [0.05, 0.1) is 16.1 Å². The van der Waals surface area contributed by atoms with E-state index in [0.717, 1.165) is 5.69 Å². The number of amides is 1. The minimum absolute atomic E-state index is 0.0716. The number of ether oxygens (including phenoxy) is 1. The first-order chi connectivity index (χ1) is 15.0. The van der Waals surface area contributed by atoms with Gasteiger partial charge >= 0.3 is 0 Å². The second kappa shape index (κ2) is 9.25. The molecule has 8 nitrogen and oxygen atoms in total. The fourth-order valence-corrected chi connectivity index (χ4v) is 4.87. The van der Waals surface area contributed by atoms with E-state index in [1.165, 1.54) is 53.1 Å². The fourth-order valence-electron chi connectivity index (χ4n) is 2.54. The Morgan fingerprint density at radius 1 is 1.03 bits per heavy atom. The summed E-state index contributed by atoms with van der Waals surface area (Å²) in [5.41, 5.74) is 3.51. The summed E-state index contributed by atoms with van der Waals surface area (Å²) >= 11 is 2.69. The molecule has 0 spiro atoms. The minimum Gasteiger partial charge on any atom is -0.487 e. The first kappa shape index (κ1) is 21.0. The Balaban J connectivity index is 1.36. The van der Waals surface area contributed by atoms with Gasteiger partial charge < -0.3 is 10.1 Å². The van der Waals surface area contributed by atoms with E-state index in [1.54, 1.807) is 35.2 Å². The van der Waals surface area contributed by atoms with Gasteiger partial charge in [0.2, 0.25) is 0 Å². The lowest BCUT2D eigenvalue weighted by Gasteiger charge is -2.09. The van der Waals surface area contributed by atoms with Crippen molar-refractivity contribution in [2.24, 2.45) is 0 Å². The van der Waals surface area contributed by atoms with Gasteiger partial charge in [-0.05, 0) is 48.5 Å². The van der Waals surface area contributed by atoms with Gasteiger partial charge in [0.15, 0.2) is 5.13 Å². The topological polar surface area (TPSA) is 110 Å². The molecule has 1 amide bonds. The normalized spacial score (nSPS) is 11.1. The van der Waals surface area contributed by atoms with Crippen LogP contribution in [0.15, 0.2) is 75.9 Å².